The standard InChI is InChI=1S/C23H13F6NOS/c24-22(25,26)15-6-2-5-14(9-15)19-20(31)18(32-21(19)30)10-13-4-1-3-12-7-8-16(11-17(12)13)23(27,28)29/h1-11H,30H2/b18-10+. The number of ketones is 1. The number of fused-ring (bicyclic) bond motifs is 1. The van der Waals surface area contributed by atoms with Crippen LogP contribution in [0.3, 0.4) is 0 Å². The lowest BCUT2D eigenvalue weighted by Crippen LogP contribution is -2.07. The predicted octanol–water partition coefficient (Wildman–Crippen LogP) is 6.86. The van der Waals surface area contributed by atoms with Crippen LogP contribution in [-0.4, -0.2) is 5.78 Å². The summed E-state index contributed by atoms with van der Waals surface area (Å²) in [5.74, 6) is -0.587. The first kappa shape index (κ1) is 22.0. The molecular formula is C23H13F6NOS. The van der Waals surface area contributed by atoms with Crippen molar-refractivity contribution in [1.29, 1.82) is 0 Å². The lowest BCUT2D eigenvalue weighted by atomic mass is 9.98. The highest BCUT2D eigenvalue weighted by Gasteiger charge is 2.34. The molecule has 0 radical (unpaired) electrons. The number of alkyl halides is 6. The van der Waals surface area contributed by atoms with Crippen LogP contribution in [0.1, 0.15) is 22.3 Å². The van der Waals surface area contributed by atoms with Crippen LogP contribution in [0.5, 0.6) is 0 Å². The summed E-state index contributed by atoms with van der Waals surface area (Å²) >= 11 is 0.869. The first-order valence-electron chi connectivity index (χ1n) is 9.17. The number of hydrogen-bond donors (Lipinski definition) is 1. The molecule has 0 atom stereocenters. The Bertz CT molecular complexity index is 1300. The fourth-order valence-corrected chi connectivity index (χ4v) is 4.34. The van der Waals surface area contributed by atoms with Crippen LogP contribution in [0.4, 0.5) is 26.3 Å². The topological polar surface area (TPSA) is 43.1 Å². The second-order valence-electron chi connectivity index (χ2n) is 7.04. The minimum atomic E-state index is -4.59. The van der Waals surface area contributed by atoms with Gasteiger partial charge in [0.25, 0.3) is 0 Å². The van der Waals surface area contributed by atoms with Gasteiger partial charge in [-0.1, -0.05) is 48.2 Å². The van der Waals surface area contributed by atoms with Crippen molar-refractivity contribution < 1.29 is 31.1 Å². The highest BCUT2D eigenvalue weighted by molar-refractivity contribution is 8.08. The van der Waals surface area contributed by atoms with E-state index in [1.165, 1.54) is 24.3 Å². The number of nitrogens with two attached hydrogens (primary N) is 1. The SMILES string of the molecule is NC1=C(c2cccc(C(F)(F)F)c2)C(=O)/C(=C\c2cccc3ccc(C(F)(F)F)cc23)S1. The van der Waals surface area contributed by atoms with Crippen LogP contribution in [0.15, 0.2) is 70.6 Å². The maximum absolute atomic E-state index is 13.1. The van der Waals surface area contributed by atoms with Gasteiger partial charge in [-0.15, -0.1) is 0 Å². The molecule has 0 saturated heterocycles. The Balaban J connectivity index is 1.75. The predicted molar refractivity (Wildman–Crippen MR) is 112 cm³/mol. The van der Waals surface area contributed by atoms with Gasteiger partial charge in [-0.25, -0.2) is 0 Å². The summed E-state index contributed by atoms with van der Waals surface area (Å²) in [6, 6.07) is 12.4. The van der Waals surface area contributed by atoms with Crippen molar-refractivity contribution in [1.82, 2.24) is 0 Å². The molecule has 3 aromatic carbocycles. The first-order valence-corrected chi connectivity index (χ1v) is 9.98. The first-order chi connectivity index (χ1) is 14.9. The van der Waals surface area contributed by atoms with Gasteiger partial charge < -0.3 is 5.73 Å². The quantitative estimate of drug-likeness (QED) is 0.332. The molecule has 0 unspecified atom stereocenters. The van der Waals surface area contributed by atoms with E-state index in [4.69, 9.17) is 5.73 Å². The third-order valence-corrected chi connectivity index (χ3v) is 5.87. The van der Waals surface area contributed by atoms with Crippen LogP contribution >= 0.6 is 11.8 Å². The number of Topliss-reactive ketones (excluding diaryl/α,β-unsaturated/α-hetero) is 1. The molecule has 0 fully saturated rings. The summed E-state index contributed by atoms with van der Waals surface area (Å²) in [6.07, 6.45) is -7.71. The van der Waals surface area contributed by atoms with Crippen LogP contribution in [0.2, 0.25) is 0 Å². The van der Waals surface area contributed by atoms with E-state index >= 15 is 0 Å². The van der Waals surface area contributed by atoms with Gasteiger partial charge in [0.15, 0.2) is 0 Å². The smallest absolute Gasteiger partial charge is 0.393 e. The Morgan fingerprint density at radius 3 is 2.16 bits per heavy atom. The van der Waals surface area contributed by atoms with Crippen molar-refractivity contribution >= 4 is 40.0 Å². The van der Waals surface area contributed by atoms with Crippen molar-refractivity contribution in [3.05, 3.63) is 92.9 Å². The molecule has 3 aromatic rings. The highest BCUT2D eigenvalue weighted by atomic mass is 32.2. The van der Waals surface area contributed by atoms with Gasteiger partial charge in [0.2, 0.25) is 5.78 Å². The number of thioether (sulfide) groups is 1. The van der Waals surface area contributed by atoms with Gasteiger partial charge >= 0.3 is 12.4 Å². The van der Waals surface area contributed by atoms with Crippen LogP contribution in [-0.2, 0) is 17.1 Å². The molecule has 2 N–H and O–H groups in total. The summed E-state index contributed by atoms with van der Waals surface area (Å²) in [5, 5.41) is 0.855. The molecule has 4 rings (SSSR count). The third kappa shape index (κ3) is 4.12. The molecule has 0 bridgehead atoms. The zero-order valence-corrected chi connectivity index (χ0v) is 16.8. The lowest BCUT2D eigenvalue weighted by Gasteiger charge is -2.10. The van der Waals surface area contributed by atoms with E-state index in [9.17, 15) is 31.1 Å². The van der Waals surface area contributed by atoms with E-state index in [1.54, 1.807) is 18.2 Å². The molecule has 164 valence electrons. The molecule has 1 aliphatic rings. The second-order valence-corrected chi connectivity index (χ2v) is 8.12. The number of carbonyl (C=O) groups excluding carboxylic acids is 1. The average Bonchev–Trinajstić information content (AvgIpc) is 2.99. The van der Waals surface area contributed by atoms with E-state index in [0.717, 1.165) is 36.0 Å². The molecule has 0 aromatic heterocycles. The largest absolute Gasteiger partial charge is 0.416 e. The molecular weight excluding hydrogens is 452 g/mol. The Hall–Kier alpha value is -3.20. The van der Waals surface area contributed by atoms with Crippen molar-refractivity contribution in [2.24, 2.45) is 5.73 Å². The van der Waals surface area contributed by atoms with Gasteiger partial charge in [0.1, 0.15) is 0 Å². The Kier molecular flexibility index (Phi) is 5.32. The van der Waals surface area contributed by atoms with Crippen LogP contribution in [0, 0.1) is 0 Å². The van der Waals surface area contributed by atoms with Crippen LogP contribution in [0.25, 0.3) is 22.4 Å². The van der Waals surface area contributed by atoms with Gasteiger partial charge in [0.05, 0.1) is 26.6 Å². The summed E-state index contributed by atoms with van der Waals surface area (Å²) in [6.45, 7) is 0. The fourth-order valence-electron chi connectivity index (χ4n) is 3.41. The zero-order valence-electron chi connectivity index (χ0n) is 16.0. The summed E-state index contributed by atoms with van der Waals surface area (Å²) < 4.78 is 78.6. The van der Waals surface area contributed by atoms with Crippen molar-refractivity contribution in [3.63, 3.8) is 0 Å². The number of carbonyl (C=O) groups is 1. The summed E-state index contributed by atoms with van der Waals surface area (Å²) in [5.41, 5.74) is 4.52. The molecule has 1 heterocycles. The van der Waals surface area contributed by atoms with E-state index in [0.29, 0.717) is 10.9 Å². The monoisotopic (exact) mass is 465 g/mol. The average molecular weight is 465 g/mol. The van der Waals surface area contributed by atoms with Crippen molar-refractivity contribution in [2.45, 2.75) is 12.4 Å². The fraction of sp³-hybridized carbons (Fsp3) is 0.0870. The third-order valence-electron chi connectivity index (χ3n) is 4.93. The number of halogens is 6. The van der Waals surface area contributed by atoms with Gasteiger partial charge in [-0.3, -0.25) is 4.79 Å². The minimum Gasteiger partial charge on any atom is -0.393 e. The Morgan fingerprint density at radius 1 is 0.812 bits per heavy atom. The molecule has 0 saturated carbocycles. The number of rotatable bonds is 2. The molecule has 2 nitrogen and oxygen atoms in total. The Labute approximate surface area is 182 Å². The van der Waals surface area contributed by atoms with Gasteiger partial charge in [-0.05, 0) is 52.2 Å². The van der Waals surface area contributed by atoms with Crippen LogP contribution < -0.4 is 5.73 Å². The molecule has 0 aliphatic carbocycles. The number of allylic oxidation sites excluding steroid dienone is 2. The van der Waals surface area contributed by atoms with E-state index < -0.39 is 29.3 Å². The van der Waals surface area contributed by atoms with Crippen molar-refractivity contribution in [2.75, 3.05) is 0 Å². The Morgan fingerprint density at radius 2 is 1.47 bits per heavy atom. The highest BCUT2D eigenvalue weighted by Crippen LogP contribution is 2.43. The molecule has 9 heteroatoms. The molecule has 0 spiro atoms. The summed E-state index contributed by atoms with van der Waals surface area (Å²) in [4.78, 5) is 13.1. The number of benzene rings is 3. The van der Waals surface area contributed by atoms with Gasteiger partial charge in [-0.2, -0.15) is 26.3 Å². The maximum atomic E-state index is 13.1. The lowest BCUT2D eigenvalue weighted by molar-refractivity contribution is -0.138. The van der Waals surface area contributed by atoms with Gasteiger partial charge in [0, 0.05) is 0 Å². The molecule has 1 aliphatic heterocycles. The van der Waals surface area contributed by atoms with E-state index in [2.05, 4.69) is 0 Å². The second kappa shape index (κ2) is 7.74. The molecule has 0 amide bonds. The van der Waals surface area contributed by atoms with Crippen molar-refractivity contribution in [3.8, 4) is 0 Å². The molecule has 32 heavy (non-hydrogen) atoms. The van der Waals surface area contributed by atoms with E-state index in [1.807, 2.05) is 0 Å². The minimum absolute atomic E-state index is 0.0236. The van der Waals surface area contributed by atoms with E-state index in [-0.39, 0.29) is 26.5 Å². The zero-order chi connectivity index (χ0) is 23.3. The maximum Gasteiger partial charge on any atom is 0.416 e. The summed E-state index contributed by atoms with van der Waals surface area (Å²) in [7, 11) is 0. The normalized spacial score (nSPS) is 16.4. The number of hydrogen-bond acceptors (Lipinski definition) is 3.